The van der Waals surface area contributed by atoms with Gasteiger partial charge in [-0.05, 0) is 44.6 Å². The molecule has 0 aromatic carbocycles. The number of hydrogen-bond acceptors (Lipinski definition) is 2. The summed E-state index contributed by atoms with van der Waals surface area (Å²) in [6.45, 7) is 3.56. The van der Waals surface area contributed by atoms with Gasteiger partial charge < -0.3 is 5.11 Å². The Labute approximate surface area is 88.6 Å². The molecule has 0 saturated carbocycles. The predicted molar refractivity (Wildman–Crippen MR) is 58.7 cm³/mol. The van der Waals surface area contributed by atoms with Gasteiger partial charge in [0.1, 0.15) is 0 Å². The molecule has 0 saturated heterocycles. The molecule has 0 aliphatic rings. The Morgan fingerprint density at radius 1 is 1.57 bits per heavy atom. The molecule has 0 fully saturated rings. The molecule has 0 aliphatic heterocycles. The Hall–Kier alpha value is -0.830. The summed E-state index contributed by atoms with van der Waals surface area (Å²) in [6.07, 6.45) is 2.68. The van der Waals surface area contributed by atoms with Gasteiger partial charge in [-0.15, -0.1) is 11.3 Å². The van der Waals surface area contributed by atoms with Crippen LogP contribution in [0.15, 0.2) is 17.5 Å². The standard InChI is InChI=1S/C11H16O2S/c1-11(2,10(12)13)7-3-5-9-6-4-8-14-9/h4,6,8H,3,5,7H2,1-2H3,(H,12,13). The molecule has 0 unspecified atom stereocenters. The maximum Gasteiger partial charge on any atom is 0.309 e. The lowest BCUT2D eigenvalue weighted by atomic mass is 9.87. The van der Waals surface area contributed by atoms with Crippen molar-refractivity contribution in [1.82, 2.24) is 0 Å². The molecule has 0 radical (unpaired) electrons. The molecular formula is C11H16O2S. The van der Waals surface area contributed by atoms with Crippen molar-refractivity contribution in [1.29, 1.82) is 0 Å². The average Bonchev–Trinajstić information content (AvgIpc) is 2.56. The van der Waals surface area contributed by atoms with E-state index in [1.54, 1.807) is 25.2 Å². The maximum atomic E-state index is 10.8. The van der Waals surface area contributed by atoms with Crippen LogP contribution < -0.4 is 0 Å². The summed E-state index contributed by atoms with van der Waals surface area (Å²) in [6, 6.07) is 4.13. The van der Waals surface area contributed by atoms with E-state index >= 15 is 0 Å². The van der Waals surface area contributed by atoms with E-state index in [1.165, 1.54) is 4.88 Å². The summed E-state index contributed by atoms with van der Waals surface area (Å²) in [5.41, 5.74) is -0.586. The first-order chi connectivity index (χ1) is 6.52. The number of hydrogen-bond donors (Lipinski definition) is 1. The predicted octanol–water partition coefficient (Wildman–Crippen LogP) is 3.18. The molecule has 1 N–H and O–H groups in total. The molecule has 0 spiro atoms. The van der Waals surface area contributed by atoms with Gasteiger partial charge in [0.25, 0.3) is 0 Å². The summed E-state index contributed by atoms with van der Waals surface area (Å²) in [4.78, 5) is 12.2. The first kappa shape index (κ1) is 11.2. The van der Waals surface area contributed by atoms with Gasteiger partial charge in [-0.2, -0.15) is 0 Å². The van der Waals surface area contributed by atoms with Crippen LogP contribution in [0.2, 0.25) is 0 Å². The topological polar surface area (TPSA) is 37.3 Å². The zero-order valence-corrected chi connectivity index (χ0v) is 9.43. The van der Waals surface area contributed by atoms with Crippen LogP contribution in [0.25, 0.3) is 0 Å². The fraction of sp³-hybridized carbons (Fsp3) is 0.545. The fourth-order valence-electron chi connectivity index (χ4n) is 1.27. The van der Waals surface area contributed by atoms with Crippen molar-refractivity contribution in [3.63, 3.8) is 0 Å². The third-order valence-corrected chi connectivity index (χ3v) is 3.32. The molecule has 0 bridgehead atoms. The van der Waals surface area contributed by atoms with Crippen LogP contribution in [0.5, 0.6) is 0 Å². The van der Waals surface area contributed by atoms with Crippen LogP contribution >= 0.6 is 11.3 Å². The third kappa shape index (κ3) is 3.14. The van der Waals surface area contributed by atoms with E-state index < -0.39 is 11.4 Å². The first-order valence-corrected chi connectivity index (χ1v) is 5.66. The number of aliphatic carboxylic acids is 1. The summed E-state index contributed by atoms with van der Waals surface area (Å²) < 4.78 is 0. The highest BCUT2D eigenvalue weighted by Gasteiger charge is 2.26. The van der Waals surface area contributed by atoms with E-state index in [0.29, 0.717) is 0 Å². The SMILES string of the molecule is CC(C)(CCCc1cccs1)C(=O)O. The fourth-order valence-corrected chi connectivity index (χ4v) is 2.02. The van der Waals surface area contributed by atoms with Gasteiger partial charge in [-0.1, -0.05) is 6.07 Å². The average molecular weight is 212 g/mol. The minimum atomic E-state index is -0.705. The van der Waals surface area contributed by atoms with Gasteiger partial charge in [0.2, 0.25) is 0 Å². The molecule has 0 aliphatic carbocycles. The number of carbonyl (C=O) groups is 1. The van der Waals surface area contributed by atoms with Crippen LogP contribution in [0.3, 0.4) is 0 Å². The highest BCUT2D eigenvalue weighted by molar-refractivity contribution is 7.09. The number of aryl methyl sites for hydroxylation is 1. The van der Waals surface area contributed by atoms with Crippen LogP contribution in [0, 0.1) is 5.41 Å². The molecule has 0 atom stereocenters. The first-order valence-electron chi connectivity index (χ1n) is 4.78. The minimum Gasteiger partial charge on any atom is -0.481 e. The molecule has 1 rings (SSSR count). The Bertz CT molecular complexity index is 288. The zero-order valence-electron chi connectivity index (χ0n) is 8.62. The van der Waals surface area contributed by atoms with Crippen molar-refractivity contribution in [2.75, 3.05) is 0 Å². The van der Waals surface area contributed by atoms with E-state index in [9.17, 15) is 4.79 Å². The van der Waals surface area contributed by atoms with Crippen molar-refractivity contribution < 1.29 is 9.90 Å². The van der Waals surface area contributed by atoms with E-state index in [2.05, 4.69) is 11.4 Å². The van der Waals surface area contributed by atoms with Gasteiger partial charge in [0, 0.05) is 4.88 Å². The van der Waals surface area contributed by atoms with Gasteiger partial charge >= 0.3 is 5.97 Å². The Kier molecular flexibility index (Phi) is 3.69. The van der Waals surface area contributed by atoms with Crippen molar-refractivity contribution in [3.05, 3.63) is 22.4 Å². The zero-order chi connectivity index (χ0) is 10.6. The number of carboxylic acid groups (broad SMARTS) is 1. The molecule has 0 amide bonds. The number of thiophene rings is 1. The number of rotatable bonds is 5. The van der Waals surface area contributed by atoms with Crippen LogP contribution in [-0.2, 0) is 11.2 Å². The van der Waals surface area contributed by atoms with Gasteiger partial charge in [0.05, 0.1) is 5.41 Å². The summed E-state index contributed by atoms with van der Waals surface area (Å²) >= 11 is 1.73. The van der Waals surface area contributed by atoms with E-state index in [4.69, 9.17) is 5.11 Å². The van der Waals surface area contributed by atoms with E-state index in [0.717, 1.165) is 19.3 Å². The molecule has 14 heavy (non-hydrogen) atoms. The normalized spacial score (nSPS) is 11.6. The smallest absolute Gasteiger partial charge is 0.309 e. The molecule has 3 heteroatoms. The largest absolute Gasteiger partial charge is 0.481 e. The summed E-state index contributed by atoms with van der Waals surface area (Å²) in [5.74, 6) is -0.705. The lowest BCUT2D eigenvalue weighted by molar-refractivity contribution is -0.147. The molecule has 1 aromatic heterocycles. The van der Waals surface area contributed by atoms with Gasteiger partial charge in [0.15, 0.2) is 0 Å². The highest BCUT2D eigenvalue weighted by Crippen LogP contribution is 2.24. The minimum absolute atomic E-state index is 0.586. The third-order valence-electron chi connectivity index (χ3n) is 2.38. The quantitative estimate of drug-likeness (QED) is 0.814. The second-order valence-corrected chi connectivity index (χ2v) is 5.15. The molecule has 1 heterocycles. The Morgan fingerprint density at radius 2 is 2.29 bits per heavy atom. The molecular weight excluding hydrogens is 196 g/mol. The van der Waals surface area contributed by atoms with Crippen molar-refractivity contribution in [2.24, 2.45) is 5.41 Å². The monoisotopic (exact) mass is 212 g/mol. The van der Waals surface area contributed by atoms with Crippen LogP contribution in [-0.4, -0.2) is 11.1 Å². The lowest BCUT2D eigenvalue weighted by Crippen LogP contribution is -2.23. The highest BCUT2D eigenvalue weighted by atomic mass is 32.1. The Balaban J connectivity index is 2.31. The second-order valence-electron chi connectivity index (χ2n) is 4.12. The second kappa shape index (κ2) is 4.60. The molecule has 1 aromatic rings. The van der Waals surface area contributed by atoms with Gasteiger partial charge in [-0.25, -0.2) is 0 Å². The van der Waals surface area contributed by atoms with E-state index in [1.807, 2.05) is 6.07 Å². The Morgan fingerprint density at radius 3 is 2.79 bits per heavy atom. The van der Waals surface area contributed by atoms with Crippen molar-refractivity contribution in [2.45, 2.75) is 33.1 Å². The van der Waals surface area contributed by atoms with E-state index in [-0.39, 0.29) is 0 Å². The van der Waals surface area contributed by atoms with Crippen molar-refractivity contribution >= 4 is 17.3 Å². The molecule has 2 nitrogen and oxygen atoms in total. The van der Waals surface area contributed by atoms with Crippen LogP contribution in [0.4, 0.5) is 0 Å². The lowest BCUT2D eigenvalue weighted by Gasteiger charge is -2.18. The maximum absolute atomic E-state index is 10.8. The van der Waals surface area contributed by atoms with Crippen molar-refractivity contribution in [3.8, 4) is 0 Å². The van der Waals surface area contributed by atoms with Crippen LogP contribution in [0.1, 0.15) is 31.6 Å². The van der Waals surface area contributed by atoms with Gasteiger partial charge in [-0.3, -0.25) is 4.79 Å². The summed E-state index contributed by atoms with van der Waals surface area (Å²) in [5, 5.41) is 11.0. The number of carboxylic acids is 1. The molecule has 78 valence electrons. The summed E-state index contributed by atoms with van der Waals surface area (Å²) in [7, 11) is 0.